The van der Waals surface area contributed by atoms with Crippen molar-refractivity contribution in [1.82, 2.24) is 5.32 Å². The van der Waals surface area contributed by atoms with Crippen LogP contribution in [0.25, 0.3) is 0 Å². The van der Waals surface area contributed by atoms with Crippen LogP contribution in [0.15, 0.2) is 48.5 Å². The number of esters is 1. The third-order valence-corrected chi connectivity index (χ3v) is 3.54. The molecule has 0 atom stereocenters. The number of nitrogens with one attached hydrogen (secondary N) is 1. The molecular weight excluding hydrogens is 398 g/mol. The summed E-state index contributed by atoms with van der Waals surface area (Å²) in [5.41, 5.74) is 0.536. The molecule has 0 aliphatic heterocycles. The molecule has 0 bridgehead atoms. The maximum Gasteiger partial charge on any atom is 0.387 e. The van der Waals surface area contributed by atoms with Gasteiger partial charge < -0.3 is 19.5 Å². The molecule has 0 fully saturated rings. The molecule has 0 aliphatic rings. The highest BCUT2D eigenvalue weighted by Crippen LogP contribution is 2.21. The van der Waals surface area contributed by atoms with Gasteiger partial charge in [0.15, 0.2) is 6.61 Å². The average Bonchev–Trinajstić information content (AvgIpc) is 2.67. The second-order valence-corrected chi connectivity index (χ2v) is 5.57. The molecular formula is C19H17F4NO5. The lowest BCUT2D eigenvalue weighted by Gasteiger charge is -2.10. The van der Waals surface area contributed by atoms with Gasteiger partial charge in [-0.25, -0.2) is 4.79 Å². The Labute approximate surface area is 163 Å². The van der Waals surface area contributed by atoms with E-state index in [2.05, 4.69) is 14.8 Å². The van der Waals surface area contributed by atoms with Gasteiger partial charge in [-0.2, -0.15) is 17.6 Å². The van der Waals surface area contributed by atoms with Crippen molar-refractivity contribution in [2.75, 3.05) is 13.2 Å². The van der Waals surface area contributed by atoms with Gasteiger partial charge >= 0.3 is 19.2 Å². The van der Waals surface area contributed by atoms with Gasteiger partial charge in [0, 0.05) is 6.54 Å². The van der Waals surface area contributed by atoms with Crippen LogP contribution in [0.4, 0.5) is 17.6 Å². The molecule has 0 saturated carbocycles. The first-order valence-electron chi connectivity index (χ1n) is 8.36. The van der Waals surface area contributed by atoms with Crippen LogP contribution in [-0.4, -0.2) is 38.3 Å². The van der Waals surface area contributed by atoms with Crippen molar-refractivity contribution >= 4 is 11.9 Å². The van der Waals surface area contributed by atoms with E-state index in [1.807, 2.05) is 0 Å². The van der Waals surface area contributed by atoms with E-state index in [4.69, 9.17) is 4.74 Å². The molecule has 2 aromatic rings. The first-order valence-corrected chi connectivity index (χ1v) is 8.36. The van der Waals surface area contributed by atoms with E-state index in [9.17, 15) is 27.2 Å². The monoisotopic (exact) mass is 415 g/mol. The Hall–Kier alpha value is -3.30. The van der Waals surface area contributed by atoms with Crippen LogP contribution in [0.5, 0.6) is 11.5 Å². The molecule has 156 valence electrons. The largest absolute Gasteiger partial charge is 0.452 e. The van der Waals surface area contributed by atoms with Crippen molar-refractivity contribution < 1.29 is 41.4 Å². The lowest BCUT2D eigenvalue weighted by atomic mass is 10.1. The third-order valence-electron chi connectivity index (χ3n) is 3.54. The highest BCUT2D eigenvalue weighted by Gasteiger charge is 2.17. The molecule has 1 N–H and O–H groups in total. The summed E-state index contributed by atoms with van der Waals surface area (Å²) in [4.78, 5) is 23.7. The molecule has 0 saturated heterocycles. The summed E-state index contributed by atoms with van der Waals surface area (Å²) >= 11 is 0. The number of carbonyl (C=O) groups is 2. The quantitative estimate of drug-likeness (QED) is 0.476. The van der Waals surface area contributed by atoms with E-state index in [1.165, 1.54) is 36.4 Å². The number of hydrogen-bond acceptors (Lipinski definition) is 5. The van der Waals surface area contributed by atoms with Crippen LogP contribution in [0.2, 0.25) is 0 Å². The minimum Gasteiger partial charge on any atom is -0.452 e. The number of alkyl halides is 4. The van der Waals surface area contributed by atoms with Crippen LogP contribution >= 0.6 is 0 Å². The van der Waals surface area contributed by atoms with E-state index >= 15 is 0 Å². The normalized spacial score (nSPS) is 10.7. The third kappa shape index (κ3) is 7.68. The minimum absolute atomic E-state index is 0.0239. The van der Waals surface area contributed by atoms with E-state index in [0.717, 1.165) is 5.56 Å². The fraction of sp³-hybridized carbons (Fsp3) is 0.263. The summed E-state index contributed by atoms with van der Waals surface area (Å²) in [5, 5.41) is 2.51. The first kappa shape index (κ1) is 22.0. The van der Waals surface area contributed by atoms with Crippen LogP contribution in [0, 0.1) is 0 Å². The highest BCUT2D eigenvalue weighted by molar-refractivity contribution is 5.93. The number of benzene rings is 2. The lowest BCUT2D eigenvalue weighted by Crippen LogP contribution is -2.30. The standard InChI is InChI=1S/C19H17F4NO5/c20-18(21)28-13-7-5-12(6-8-13)9-10-24-16(25)11-27-17(26)14-3-1-2-4-15(14)29-19(22)23/h1-8,18-19H,9-11H2,(H,24,25). The van der Waals surface area contributed by atoms with E-state index in [1.54, 1.807) is 12.1 Å². The maximum absolute atomic E-state index is 12.4. The zero-order valence-electron chi connectivity index (χ0n) is 14.9. The maximum atomic E-state index is 12.4. The summed E-state index contributed by atoms with van der Waals surface area (Å²) in [6, 6.07) is 11.2. The van der Waals surface area contributed by atoms with Crippen molar-refractivity contribution in [3.05, 3.63) is 59.7 Å². The van der Waals surface area contributed by atoms with Gasteiger partial charge in [-0.05, 0) is 36.2 Å². The SMILES string of the molecule is O=C(COC(=O)c1ccccc1OC(F)F)NCCc1ccc(OC(F)F)cc1. The topological polar surface area (TPSA) is 73.9 Å². The molecule has 0 heterocycles. The molecule has 6 nitrogen and oxygen atoms in total. The second kappa shape index (κ2) is 10.9. The number of para-hydroxylation sites is 1. The number of rotatable bonds is 10. The molecule has 0 radical (unpaired) electrons. The van der Waals surface area contributed by atoms with Crippen LogP contribution in [-0.2, 0) is 16.0 Å². The molecule has 0 unspecified atom stereocenters. The van der Waals surface area contributed by atoms with Crippen LogP contribution in [0.1, 0.15) is 15.9 Å². The van der Waals surface area contributed by atoms with Gasteiger partial charge in [0.1, 0.15) is 17.1 Å². The van der Waals surface area contributed by atoms with E-state index in [-0.39, 0.29) is 23.6 Å². The number of carbonyl (C=O) groups excluding carboxylic acids is 2. The number of hydrogen-bond donors (Lipinski definition) is 1. The summed E-state index contributed by atoms with van der Waals surface area (Å²) < 4.78 is 62.1. The van der Waals surface area contributed by atoms with Crippen molar-refractivity contribution in [2.24, 2.45) is 0 Å². The summed E-state index contributed by atoms with van der Waals surface area (Å²) in [7, 11) is 0. The molecule has 1 amide bonds. The van der Waals surface area contributed by atoms with Gasteiger partial charge in [0.2, 0.25) is 0 Å². The molecule has 29 heavy (non-hydrogen) atoms. The fourth-order valence-electron chi connectivity index (χ4n) is 2.28. The van der Waals surface area contributed by atoms with Gasteiger partial charge in [-0.15, -0.1) is 0 Å². The number of halogens is 4. The molecule has 0 aliphatic carbocycles. The first-order chi connectivity index (χ1) is 13.8. The predicted molar refractivity (Wildman–Crippen MR) is 93.1 cm³/mol. The highest BCUT2D eigenvalue weighted by atomic mass is 19.3. The van der Waals surface area contributed by atoms with Gasteiger partial charge in [-0.3, -0.25) is 4.79 Å². The van der Waals surface area contributed by atoms with Gasteiger partial charge in [0.25, 0.3) is 5.91 Å². The van der Waals surface area contributed by atoms with Crippen molar-refractivity contribution in [2.45, 2.75) is 19.6 Å². The molecule has 0 aromatic heterocycles. The Kier molecular flexibility index (Phi) is 8.26. The molecule has 2 rings (SSSR count). The zero-order chi connectivity index (χ0) is 21.2. The van der Waals surface area contributed by atoms with E-state index < -0.39 is 31.7 Å². The van der Waals surface area contributed by atoms with Crippen molar-refractivity contribution in [3.63, 3.8) is 0 Å². The summed E-state index contributed by atoms with van der Waals surface area (Å²) in [5.74, 6) is -1.91. The Morgan fingerprint density at radius 2 is 1.55 bits per heavy atom. The number of amides is 1. The van der Waals surface area contributed by atoms with Crippen LogP contribution < -0.4 is 14.8 Å². The molecule has 10 heteroatoms. The Balaban J connectivity index is 1.75. The molecule has 2 aromatic carbocycles. The fourth-order valence-corrected chi connectivity index (χ4v) is 2.28. The summed E-state index contributed by atoms with van der Waals surface area (Å²) in [6.07, 6.45) is 0.402. The van der Waals surface area contributed by atoms with Gasteiger partial charge in [-0.1, -0.05) is 24.3 Å². The van der Waals surface area contributed by atoms with Gasteiger partial charge in [0.05, 0.1) is 0 Å². The molecule has 0 spiro atoms. The van der Waals surface area contributed by atoms with Crippen molar-refractivity contribution in [3.8, 4) is 11.5 Å². The number of ether oxygens (including phenoxy) is 3. The van der Waals surface area contributed by atoms with E-state index in [0.29, 0.717) is 6.42 Å². The average molecular weight is 415 g/mol. The predicted octanol–water partition coefficient (Wildman–Crippen LogP) is 3.41. The van der Waals surface area contributed by atoms with Crippen molar-refractivity contribution in [1.29, 1.82) is 0 Å². The Bertz CT molecular complexity index is 815. The smallest absolute Gasteiger partial charge is 0.387 e. The Morgan fingerprint density at radius 3 is 2.21 bits per heavy atom. The lowest BCUT2D eigenvalue weighted by molar-refractivity contribution is -0.124. The minimum atomic E-state index is -3.11. The zero-order valence-corrected chi connectivity index (χ0v) is 14.9. The van der Waals surface area contributed by atoms with Crippen LogP contribution in [0.3, 0.4) is 0 Å². The second-order valence-electron chi connectivity index (χ2n) is 5.57. The Morgan fingerprint density at radius 1 is 0.897 bits per heavy atom. The summed E-state index contributed by atoms with van der Waals surface area (Å²) in [6.45, 7) is -6.42.